The molecule has 1 radical (unpaired) electrons. The maximum Gasteiger partial charge on any atom is 0.746 e. The highest BCUT2D eigenvalue weighted by atomic mass is 16.7. The topological polar surface area (TPSA) is 36.8 Å². The molecular formula is C7H17N2O2+2. The summed E-state index contributed by atoms with van der Waals surface area (Å²) in [6.45, 7) is 5.32. The van der Waals surface area contributed by atoms with E-state index >= 15 is 0 Å². The third-order valence-electron chi connectivity index (χ3n) is 1.55. The Bertz CT molecular complexity index is 128. The van der Waals surface area contributed by atoms with Crippen LogP contribution in [-0.2, 0) is 4.84 Å². The average molecular weight is 161 g/mol. The van der Waals surface area contributed by atoms with Gasteiger partial charge >= 0.3 is 6.09 Å². The predicted octanol–water partition coefficient (Wildman–Crippen LogP) is -0.476. The van der Waals surface area contributed by atoms with Gasteiger partial charge in [-0.1, -0.05) is 9.90 Å². The van der Waals surface area contributed by atoms with Gasteiger partial charge in [0.05, 0.1) is 4.79 Å². The van der Waals surface area contributed by atoms with Crippen molar-refractivity contribution in [1.82, 2.24) is 4.90 Å². The van der Waals surface area contributed by atoms with Crippen LogP contribution in [0, 0.1) is 0 Å². The summed E-state index contributed by atoms with van der Waals surface area (Å²) in [5.74, 6) is 0. The first-order valence-corrected chi connectivity index (χ1v) is 3.87. The summed E-state index contributed by atoms with van der Waals surface area (Å²) in [5, 5.41) is 0.760. The lowest BCUT2D eigenvalue weighted by atomic mass is 10.7. The predicted molar refractivity (Wildman–Crippen MR) is 42.2 cm³/mol. The second kappa shape index (κ2) is 4.96. The number of nitrogens with zero attached hydrogens (tertiary/aromatic N) is 1. The standard InChI is InChI=1S/C7H16N2O2/c1-5-8(3)7(10)11-9(4)6-2/h5-6H2,1-4H3/q+1/p+1. The van der Waals surface area contributed by atoms with Gasteiger partial charge in [0.15, 0.2) is 0 Å². The van der Waals surface area contributed by atoms with E-state index in [0.29, 0.717) is 6.54 Å². The molecule has 0 aromatic carbocycles. The minimum Gasteiger partial charge on any atom is -0.250 e. The van der Waals surface area contributed by atoms with Crippen molar-refractivity contribution in [2.75, 3.05) is 27.2 Å². The molecule has 0 aromatic heterocycles. The summed E-state index contributed by atoms with van der Waals surface area (Å²) < 4.78 is 0. The Morgan fingerprint density at radius 3 is 2.45 bits per heavy atom. The van der Waals surface area contributed by atoms with Gasteiger partial charge in [0.1, 0.15) is 13.6 Å². The van der Waals surface area contributed by atoms with Gasteiger partial charge in [-0.05, 0) is 13.8 Å². The van der Waals surface area contributed by atoms with Gasteiger partial charge in [-0.25, -0.2) is 0 Å². The first-order valence-electron chi connectivity index (χ1n) is 3.87. The fourth-order valence-corrected chi connectivity index (χ4v) is 0.428. The summed E-state index contributed by atoms with van der Waals surface area (Å²) in [4.78, 5) is 17.5. The van der Waals surface area contributed by atoms with E-state index in [-0.39, 0.29) is 6.09 Å². The molecule has 1 unspecified atom stereocenters. The van der Waals surface area contributed by atoms with Gasteiger partial charge in [0.25, 0.3) is 0 Å². The van der Waals surface area contributed by atoms with Crippen LogP contribution in [0.15, 0.2) is 0 Å². The Morgan fingerprint density at radius 2 is 2.09 bits per heavy atom. The van der Waals surface area contributed by atoms with E-state index in [1.165, 1.54) is 4.90 Å². The Labute approximate surface area is 67.7 Å². The number of carbonyl (C=O) groups is 1. The lowest BCUT2D eigenvalue weighted by Crippen LogP contribution is -3.08. The van der Waals surface area contributed by atoms with Gasteiger partial charge < -0.3 is 0 Å². The van der Waals surface area contributed by atoms with Crippen LogP contribution in [0.5, 0.6) is 0 Å². The van der Waals surface area contributed by atoms with Crippen LogP contribution in [0.1, 0.15) is 13.8 Å². The zero-order chi connectivity index (χ0) is 8.85. The van der Waals surface area contributed by atoms with Gasteiger partial charge in [-0.2, -0.15) is 0 Å². The van der Waals surface area contributed by atoms with Gasteiger partial charge in [0.2, 0.25) is 0 Å². The monoisotopic (exact) mass is 161 g/mol. The second-order valence-electron chi connectivity index (χ2n) is 2.44. The highest BCUT2D eigenvalue weighted by Gasteiger charge is 2.28. The van der Waals surface area contributed by atoms with E-state index in [1.54, 1.807) is 14.1 Å². The zero-order valence-electron chi connectivity index (χ0n) is 7.68. The number of quaternary nitrogens is 1. The Kier molecular flexibility index (Phi) is 4.61. The summed E-state index contributed by atoms with van der Waals surface area (Å²) in [6, 6.07) is 0. The van der Waals surface area contributed by atoms with E-state index in [0.717, 1.165) is 11.6 Å². The van der Waals surface area contributed by atoms with E-state index in [1.807, 2.05) is 13.8 Å². The largest absolute Gasteiger partial charge is 0.746 e. The van der Waals surface area contributed by atoms with Crippen molar-refractivity contribution in [1.29, 1.82) is 0 Å². The van der Waals surface area contributed by atoms with Crippen LogP contribution in [0.2, 0.25) is 0 Å². The Hall–Kier alpha value is -0.770. The number of hydroxylamine groups is 2. The molecule has 1 amide bonds. The Morgan fingerprint density at radius 1 is 1.55 bits per heavy atom. The molecule has 0 aliphatic rings. The molecule has 0 aliphatic heterocycles. The summed E-state index contributed by atoms with van der Waals surface area (Å²) in [6.07, 6.45) is -0.271. The van der Waals surface area contributed by atoms with E-state index < -0.39 is 0 Å². The normalized spacial score (nSPS) is 12.4. The van der Waals surface area contributed by atoms with Crippen LogP contribution in [0.25, 0.3) is 0 Å². The number of rotatable bonds is 3. The molecule has 4 nitrogen and oxygen atoms in total. The zero-order valence-corrected chi connectivity index (χ0v) is 7.68. The number of hydrogen-bond donors (Lipinski definition) is 1. The molecule has 11 heavy (non-hydrogen) atoms. The lowest BCUT2D eigenvalue weighted by molar-refractivity contribution is -1.06. The summed E-state index contributed by atoms with van der Waals surface area (Å²) >= 11 is 0. The van der Waals surface area contributed by atoms with Crippen molar-refractivity contribution in [3.05, 3.63) is 0 Å². The van der Waals surface area contributed by atoms with E-state index in [4.69, 9.17) is 4.84 Å². The summed E-state index contributed by atoms with van der Waals surface area (Å²) in [5.41, 5.74) is 0. The van der Waals surface area contributed by atoms with Gasteiger partial charge in [-0.3, -0.25) is 4.90 Å². The third kappa shape index (κ3) is 3.83. The fourth-order valence-electron chi connectivity index (χ4n) is 0.428. The molecule has 0 spiro atoms. The van der Waals surface area contributed by atoms with Crippen LogP contribution >= 0.6 is 0 Å². The average Bonchev–Trinajstić information content (AvgIpc) is 2.02. The van der Waals surface area contributed by atoms with Crippen molar-refractivity contribution in [3.8, 4) is 0 Å². The quantitative estimate of drug-likeness (QED) is 0.448. The lowest BCUT2D eigenvalue weighted by Gasteiger charge is -2.05. The van der Waals surface area contributed by atoms with Crippen LogP contribution in [-0.4, -0.2) is 38.2 Å². The van der Waals surface area contributed by atoms with Crippen molar-refractivity contribution < 1.29 is 14.7 Å². The fraction of sp³-hybridized carbons (Fsp3) is 0.857. The molecule has 0 fully saturated rings. The van der Waals surface area contributed by atoms with Crippen LogP contribution < -0.4 is 5.06 Å². The molecule has 0 rings (SSSR count). The molecule has 1 N–H and O–H groups in total. The highest BCUT2D eigenvalue weighted by molar-refractivity contribution is 5.66. The number of nitrogens with one attached hydrogen (secondary N) is 1. The minimum atomic E-state index is -0.271. The molecule has 0 aromatic rings. The van der Waals surface area contributed by atoms with Gasteiger partial charge in [-0.15, -0.1) is 0 Å². The first-order chi connectivity index (χ1) is 5.11. The molecule has 1 atom stereocenters. The molecule has 0 aliphatic carbocycles. The first kappa shape index (κ1) is 10.2. The maximum atomic E-state index is 11.0. The molecule has 65 valence electrons. The highest BCUT2D eigenvalue weighted by Crippen LogP contribution is 1.83. The molecule has 0 bridgehead atoms. The van der Waals surface area contributed by atoms with Crippen molar-refractivity contribution in [2.24, 2.45) is 0 Å². The van der Waals surface area contributed by atoms with E-state index in [9.17, 15) is 4.79 Å². The smallest absolute Gasteiger partial charge is 0.250 e. The molecular weight excluding hydrogens is 144 g/mol. The molecule has 0 saturated carbocycles. The molecule has 0 saturated heterocycles. The number of amides is 1. The number of carbonyl (C=O) groups excluding carboxylic acids is 1. The molecule has 0 heterocycles. The second-order valence-corrected chi connectivity index (χ2v) is 2.44. The minimum absolute atomic E-state index is 0.271. The summed E-state index contributed by atoms with van der Waals surface area (Å²) in [7, 11) is 3.52. The van der Waals surface area contributed by atoms with Gasteiger partial charge in [0, 0.05) is 13.6 Å². The number of hydrogen-bond acceptors (Lipinski definition) is 2. The SMILES string of the molecule is CCN(C)C(=[O+])O[NH+](C)CC. The van der Waals surface area contributed by atoms with Crippen molar-refractivity contribution in [2.45, 2.75) is 13.8 Å². The maximum absolute atomic E-state index is 11.0. The van der Waals surface area contributed by atoms with E-state index in [2.05, 4.69) is 0 Å². The third-order valence-corrected chi connectivity index (χ3v) is 1.55. The van der Waals surface area contributed by atoms with Crippen molar-refractivity contribution >= 4 is 6.09 Å². The van der Waals surface area contributed by atoms with Crippen LogP contribution in [0.4, 0.5) is 4.79 Å². The Balaban J connectivity index is 3.68. The van der Waals surface area contributed by atoms with Crippen molar-refractivity contribution in [3.63, 3.8) is 0 Å². The molecule has 4 heteroatoms. The van der Waals surface area contributed by atoms with Crippen LogP contribution in [0.3, 0.4) is 0 Å².